The Morgan fingerprint density at radius 2 is 2.03 bits per heavy atom. The number of amides is 1. The number of anilines is 1. The van der Waals surface area contributed by atoms with Gasteiger partial charge < -0.3 is 20.1 Å². The maximum absolute atomic E-state index is 12.0. The predicted molar refractivity (Wildman–Crippen MR) is 113 cm³/mol. The van der Waals surface area contributed by atoms with Crippen molar-refractivity contribution in [3.8, 4) is 11.5 Å². The average Bonchev–Trinajstić information content (AvgIpc) is 2.71. The number of halogens is 1. The van der Waals surface area contributed by atoms with Crippen LogP contribution in [0.5, 0.6) is 11.5 Å². The molecule has 0 aliphatic rings. The average molecular weight is 420 g/mol. The number of carbonyl (C=O) groups is 1. The highest BCUT2D eigenvalue weighted by molar-refractivity contribution is 6.32. The SMILES string of the molecule is CCOc1c(Cl)cc(/C=C/C(=O)NCCNc2ccccc2[N+](=O)[O-])cc1OC. The molecule has 8 nitrogen and oxygen atoms in total. The molecule has 0 saturated heterocycles. The molecule has 0 aromatic heterocycles. The summed E-state index contributed by atoms with van der Waals surface area (Å²) in [6, 6.07) is 9.72. The number of ether oxygens (including phenoxy) is 2. The summed E-state index contributed by atoms with van der Waals surface area (Å²) in [5.74, 6) is 0.630. The fourth-order valence-corrected chi connectivity index (χ4v) is 2.79. The number of nitrogens with zero attached hydrogens (tertiary/aromatic N) is 1. The van der Waals surface area contributed by atoms with Crippen molar-refractivity contribution in [3.05, 3.63) is 63.2 Å². The Kier molecular flexibility index (Phi) is 8.29. The zero-order valence-corrected chi connectivity index (χ0v) is 16.9. The van der Waals surface area contributed by atoms with Crippen LogP contribution in [-0.4, -0.2) is 37.6 Å². The smallest absolute Gasteiger partial charge is 0.292 e. The first kappa shape index (κ1) is 22.0. The second-order valence-corrected chi connectivity index (χ2v) is 6.20. The summed E-state index contributed by atoms with van der Waals surface area (Å²) in [7, 11) is 1.51. The highest BCUT2D eigenvalue weighted by Gasteiger charge is 2.12. The lowest BCUT2D eigenvalue weighted by Gasteiger charge is -2.11. The van der Waals surface area contributed by atoms with E-state index in [1.165, 1.54) is 19.3 Å². The number of hydrogen-bond donors (Lipinski definition) is 2. The van der Waals surface area contributed by atoms with Gasteiger partial charge in [0.15, 0.2) is 11.5 Å². The number of benzene rings is 2. The molecule has 0 fully saturated rings. The zero-order chi connectivity index (χ0) is 21.2. The van der Waals surface area contributed by atoms with Crippen LogP contribution in [0, 0.1) is 10.1 Å². The molecule has 0 atom stereocenters. The van der Waals surface area contributed by atoms with Crippen LogP contribution in [0.3, 0.4) is 0 Å². The Morgan fingerprint density at radius 3 is 2.72 bits per heavy atom. The van der Waals surface area contributed by atoms with Gasteiger partial charge in [-0.05, 0) is 36.8 Å². The summed E-state index contributed by atoms with van der Waals surface area (Å²) in [6.07, 6.45) is 2.98. The van der Waals surface area contributed by atoms with Crippen molar-refractivity contribution in [1.29, 1.82) is 0 Å². The normalized spacial score (nSPS) is 10.6. The first-order valence-corrected chi connectivity index (χ1v) is 9.27. The quantitative estimate of drug-likeness (QED) is 0.262. The van der Waals surface area contributed by atoms with Gasteiger partial charge in [-0.15, -0.1) is 0 Å². The van der Waals surface area contributed by atoms with Crippen LogP contribution in [-0.2, 0) is 4.79 Å². The van der Waals surface area contributed by atoms with Crippen LogP contribution in [0.2, 0.25) is 5.02 Å². The molecule has 9 heteroatoms. The molecular formula is C20H22ClN3O5. The molecule has 0 aliphatic carbocycles. The van der Waals surface area contributed by atoms with Gasteiger partial charge in [0.25, 0.3) is 5.69 Å². The van der Waals surface area contributed by atoms with Crippen LogP contribution < -0.4 is 20.1 Å². The van der Waals surface area contributed by atoms with Gasteiger partial charge in [0.1, 0.15) is 5.69 Å². The van der Waals surface area contributed by atoms with Gasteiger partial charge in [-0.2, -0.15) is 0 Å². The lowest BCUT2D eigenvalue weighted by Crippen LogP contribution is -2.27. The minimum Gasteiger partial charge on any atom is -0.493 e. The van der Waals surface area contributed by atoms with Gasteiger partial charge in [0, 0.05) is 25.2 Å². The van der Waals surface area contributed by atoms with Crippen LogP contribution in [0.15, 0.2) is 42.5 Å². The Hall–Kier alpha value is -3.26. The largest absolute Gasteiger partial charge is 0.493 e. The van der Waals surface area contributed by atoms with E-state index in [2.05, 4.69) is 10.6 Å². The van der Waals surface area contributed by atoms with E-state index in [-0.39, 0.29) is 11.6 Å². The standard InChI is InChI=1S/C20H22ClN3O5/c1-3-29-20-15(21)12-14(13-18(20)28-2)8-9-19(25)23-11-10-22-16-6-4-5-7-17(16)24(26)27/h4-9,12-13,22H,3,10-11H2,1-2H3,(H,23,25)/b9-8+. The number of nitro benzene ring substituents is 1. The molecule has 0 saturated carbocycles. The lowest BCUT2D eigenvalue weighted by atomic mass is 10.2. The summed E-state index contributed by atoms with van der Waals surface area (Å²) >= 11 is 6.21. The highest BCUT2D eigenvalue weighted by atomic mass is 35.5. The first-order chi connectivity index (χ1) is 14.0. The van der Waals surface area contributed by atoms with E-state index in [4.69, 9.17) is 21.1 Å². The molecule has 2 aromatic rings. The molecular weight excluding hydrogens is 398 g/mol. The minimum absolute atomic E-state index is 0.0138. The number of methoxy groups -OCH3 is 1. The molecule has 154 valence electrons. The van der Waals surface area contributed by atoms with Crippen molar-refractivity contribution in [2.75, 3.05) is 32.1 Å². The molecule has 0 heterocycles. The van der Waals surface area contributed by atoms with E-state index in [0.29, 0.717) is 47.5 Å². The molecule has 29 heavy (non-hydrogen) atoms. The summed E-state index contributed by atoms with van der Waals surface area (Å²) in [5, 5.41) is 17.0. The fraction of sp³-hybridized carbons (Fsp3) is 0.250. The Morgan fingerprint density at radius 1 is 1.28 bits per heavy atom. The third-order valence-electron chi connectivity index (χ3n) is 3.81. The van der Waals surface area contributed by atoms with Crippen molar-refractivity contribution < 1.29 is 19.2 Å². The van der Waals surface area contributed by atoms with Crippen LogP contribution in [0.1, 0.15) is 12.5 Å². The molecule has 0 aliphatic heterocycles. The van der Waals surface area contributed by atoms with Crippen molar-refractivity contribution >= 4 is 35.0 Å². The van der Waals surface area contributed by atoms with E-state index in [0.717, 1.165) is 0 Å². The van der Waals surface area contributed by atoms with Crippen molar-refractivity contribution in [1.82, 2.24) is 5.32 Å². The van der Waals surface area contributed by atoms with Crippen LogP contribution >= 0.6 is 11.6 Å². The summed E-state index contributed by atoms with van der Waals surface area (Å²) in [5.41, 5.74) is 1.07. The highest BCUT2D eigenvalue weighted by Crippen LogP contribution is 2.36. The molecule has 0 radical (unpaired) electrons. The summed E-state index contributed by atoms with van der Waals surface area (Å²) < 4.78 is 10.7. The maximum atomic E-state index is 12.0. The number of rotatable bonds is 10. The second-order valence-electron chi connectivity index (χ2n) is 5.79. The molecule has 2 N–H and O–H groups in total. The van der Waals surface area contributed by atoms with E-state index >= 15 is 0 Å². The lowest BCUT2D eigenvalue weighted by molar-refractivity contribution is -0.384. The van der Waals surface area contributed by atoms with Gasteiger partial charge in [-0.3, -0.25) is 14.9 Å². The van der Waals surface area contributed by atoms with Crippen LogP contribution in [0.25, 0.3) is 6.08 Å². The monoisotopic (exact) mass is 419 g/mol. The summed E-state index contributed by atoms with van der Waals surface area (Å²) in [6.45, 7) is 2.93. The molecule has 1 amide bonds. The van der Waals surface area contributed by atoms with Gasteiger partial charge in [0.2, 0.25) is 5.91 Å². The topological polar surface area (TPSA) is 103 Å². The molecule has 0 unspecified atom stereocenters. The van der Waals surface area contributed by atoms with Crippen molar-refractivity contribution in [2.24, 2.45) is 0 Å². The number of hydrogen-bond acceptors (Lipinski definition) is 6. The van der Waals surface area contributed by atoms with E-state index < -0.39 is 4.92 Å². The van der Waals surface area contributed by atoms with Crippen molar-refractivity contribution in [3.63, 3.8) is 0 Å². The Labute approximate surface area is 173 Å². The number of carbonyl (C=O) groups excluding carboxylic acids is 1. The maximum Gasteiger partial charge on any atom is 0.292 e. The molecule has 2 rings (SSSR count). The number of nitro groups is 1. The fourth-order valence-electron chi connectivity index (χ4n) is 2.52. The Balaban J connectivity index is 1.89. The van der Waals surface area contributed by atoms with Gasteiger partial charge >= 0.3 is 0 Å². The zero-order valence-electron chi connectivity index (χ0n) is 16.1. The van der Waals surface area contributed by atoms with Crippen LogP contribution in [0.4, 0.5) is 11.4 Å². The molecule has 0 bridgehead atoms. The van der Waals surface area contributed by atoms with Gasteiger partial charge in [0.05, 0.1) is 23.7 Å². The number of nitrogens with one attached hydrogen (secondary N) is 2. The first-order valence-electron chi connectivity index (χ1n) is 8.89. The van der Waals surface area contributed by atoms with Crippen molar-refractivity contribution in [2.45, 2.75) is 6.92 Å². The number of para-hydroxylation sites is 2. The van der Waals surface area contributed by atoms with E-state index in [1.54, 1.807) is 36.4 Å². The van der Waals surface area contributed by atoms with Gasteiger partial charge in [-0.1, -0.05) is 23.7 Å². The minimum atomic E-state index is -0.458. The predicted octanol–water partition coefficient (Wildman–Crippen LogP) is 3.90. The molecule has 0 spiro atoms. The second kappa shape index (κ2) is 10.9. The van der Waals surface area contributed by atoms with E-state index in [9.17, 15) is 14.9 Å². The third-order valence-corrected chi connectivity index (χ3v) is 4.09. The Bertz CT molecular complexity index is 902. The summed E-state index contributed by atoms with van der Waals surface area (Å²) in [4.78, 5) is 22.5. The van der Waals surface area contributed by atoms with E-state index in [1.807, 2.05) is 6.92 Å². The van der Waals surface area contributed by atoms with Gasteiger partial charge in [-0.25, -0.2) is 0 Å². The molecule has 2 aromatic carbocycles. The third kappa shape index (κ3) is 6.39.